The Hall–Kier alpha value is -2.15. The Bertz CT molecular complexity index is 803. The number of morpholine rings is 1. The minimum Gasteiger partial charge on any atom is -0.497 e. The van der Waals surface area contributed by atoms with Crippen molar-refractivity contribution in [3.8, 4) is 5.75 Å². The molecule has 2 aliphatic rings. The van der Waals surface area contributed by atoms with E-state index in [2.05, 4.69) is 27.2 Å². The van der Waals surface area contributed by atoms with E-state index in [1.54, 1.807) is 13.2 Å². The smallest absolute Gasteiger partial charge is 0.129 e. The number of hydrogen-bond donors (Lipinski definition) is 1. The topological polar surface area (TPSA) is 37.0 Å². The summed E-state index contributed by atoms with van der Waals surface area (Å²) in [5.41, 5.74) is 3.04. The van der Waals surface area contributed by atoms with Crippen LogP contribution in [0.5, 0.6) is 5.75 Å². The van der Waals surface area contributed by atoms with Gasteiger partial charge in [0.1, 0.15) is 11.6 Å². The van der Waals surface area contributed by atoms with Crippen molar-refractivity contribution in [2.24, 2.45) is 0 Å². The maximum absolute atomic E-state index is 14.7. The average molecular weight is 414 g/mol. The molecule has 6 heteroatoms. The molecule has 30 heavy (non-hydrogen) atoms. The van der Waals surface area contributed by atoms with E-state index in [-0.39, 0.29) is 11.9 Å². The number of halogens is 1. The Labute approximate surface area is 178 Å². The van der Waals surface area contributed by atoms with Crippen molar-refractivity contribution in [3.63, 3.8) is 0 Å². The zero-order valence-corrected chi connectivity index (χ0v) is 17.8. The van der Waals surface area contributed by atoms with Crippen LogP contribution < -0.4 is 15.0 Å². The maximum atomic E-state index is 14.7. The predicted octanol–water partition coefficient (Wildman–Crippen LogP) is 3.60. The molecule has 1 atom stereocenters. The van der Waals surface area contributed by atoms with Crippen LogP contribution in [0.3, 0.4) is 0 Å². The van der Waals surface area contributed by atoms with Crippen molar-refractivity contribution in [2.45, 2.75) is 25.4 Å². The monoisotopic (exact) mass is 413 g/mol. The molecule has 2 aromatic carbocycles. The molecule has 0 spiro atoms. The summed E-state index contributed by atoms with van der Waals surface area (Å²) in [5.74, 6) is 0.730. The van der Waals surface area contributed by atoms with Crippen LogP contribution >= 0.6 is 0 Å². The van der Waals surface area contributed by atoms with E-state index in [4.69, 9.17) is 9.47 Å². The largest absolute Gasteiger partial charge is 0.497 e. The van der Waals surface area contributed by atoms with Gasteiger partial charge in [-0.2, -0.15) is 0 Å². The molecular weight excluding hydrogens is 381 g/mol. The lowest BCUT2D eigenvalue weighted by Crippen LogP contribution is -2.42. The van der Waals surface area contributed by atoms with Crippen molar-refractivity contribution < 1.29 is 13.9 Å². The third kappa shape index (κ3) is 4.94. The van der Waals surface area contributed by atoms with Crippen molar-refractivity contribution in [1.82, 2.24) is 10.2 Å². The summed E-state index contributed by atoms with van der Waals surface area (Å²) in [4.78, 5) is 4.75. The lowest BCUT2D eigenvalue weighted by Gasteiger charge is -2.35. The Morgan fingerprint density at radius 1 is 1.03 bits per heavy atom. The molecule has 1 unspecified atom stereocenters. The van der Waals surface area contributed by atoms with Crippen molar-refractivity contribution in [3.05, 3.63) is 59.4 Å². The van der Waals surface area contributed by atoms with Crippen molar-refractivity contribution in [1.29, 1.82) is 0 Å². The molecule has 2 saturated heterocycles. The molecular formula is C24H32FN3O2. The number of methoxy groups -OCH3 is 1. The van der Waals surface area contributed by atoms with Gasteiger partial charge in [-0.05, 0) is 42.7 Å². The molecule has 5 nitrogen and oxygen atoms in total. The molecule has 0 saturated carbocycles. The van der Waals surface area contributed by atoms with Crippen LogP contribution in [-0.4, -0.2) is 57.9 Å². The van der Waals surface area contributed by atoms with Gasteiger partial charge in [-0.25, -0.2) is 4.39 Å². The number of nitrogens with zero attached hydrogens (tertiary/aromatic N) is 2. The number of hydrogen-bond acceptors (Lipinski definition) is 5. The third-order valence-corrected chi connectivity index (χ3v) is 6.17. The summed E-state index contributed by atoms with van der Waals surface area (Å²) in [6, 6.07) is 13.9. The first kappa shape index (κ1) is 21.1. The second-order valence-electron chi connectivity index (χ2n) is 8.00. The molecule has 0 radical (unpaired) electrons. The third-order valence-electron chi connectivity index (χ3n) is 6.17. The van der Waals surface area contributed by atoms with Crippen LogP contribution in [0.25, 0.3) is 0 Å². The van der Waals surface area contributed by atoms with Gasteiger partial charge in [0.15, 0.2) is 0 Å². The van der Waals surface area contributed by atoms with Gasteiger partial charge < -0.3 is 19.7 Å². The summed E-state index contributed by atoms with van der Waals surface area (Å²) >= 11 is 0. The van der Waals surface area contributed by atoms with Crippen molar-refractivity contribution in [2.75, 3.05) is 57.9 Å². The molecule has 4 rings (SSSR count). The second kappa shape index (κ2) is 10.2. The average Bonchev–Trinajstić information content (AvgIpc) is 3.33. The van der Waals surface area contributed by atoms with Crippen LogP contribution in [0.1, 0.15) is 30.0 Å². The first-order valence-electron chi connectivity index (χ1n) is 10.9. The minimum absolute atomic E-state index is 0.126. The van der Waals surface area contributed by atoms with Gasteiger partial charge in [-0.3, -0.25) is 4.90 Å². The summed E-state index contributed by atoms with van der Waals surface area (Å²) in [6.07, 6.45) is 2.36. The molecule has 2 aromatic rings. The maximum Gasteiger partial charge on any atom is 0.129 e. The van der Waals surface area contributed by atoms with Gasteiger partial charge in [0.2, 0.25) is 0 Å². The first-order valence-corrected chi connectivity index (χ1v) is 10.9. The van der Waals surface area contributed by atoms with Gasteiger partial charge in [-0.15, -0.1) is 0 Å². The summed E-state index contributed by atoms with van der Waals surface area (Å²) < 4.78 is 25.5. The fourth-order valence-electron chi connectivity index (χ4n) is 4.48. The second-order valence-corrected chi connectivity index (χ2v) is 8.00. The first-order chi connectivity index (χ1) is 14.8. The van der Waals surface area contributed by atoms with E-state index in [1.165, 1.54) is 18.4 Å². The number of anilines is 1. The van der Waals surface area contributed by atoms with Crippen molar-refractivity contribution >= 4 is 5.69 Å². The van der Waals surface area contributed by atoms with Crippen LogP contribution in [0, 0.1) is 5.82 Å². The number of benzene rings is 2. The highest BCUT2D eigenvalue weighted by molar-refractivity contribution is 5.54. The molecule has 0 amide bonds. The van der Waals surface area contributed by atoms with Gasteiger partial charge in [0.25, 0.3) is 0 Å². The van der Waals surface area contributed by atoms with Crippen LogP contribution in [0.4, 0.5) is 10.1 Å². The molecule has 0 aromatic heterocycles. The molecule has 2 aliphatic heterocycles. The lowest BCUT2D eigenvalue weighted by molar-refractivity contribution is 0.0161. The zero-order chi connectivity index (χ0) is 20.8. The Morgan fingerprint density at radius 3 is 2.47 bits per heavy atom. The summed E-state index contributed by atoms with van der Waals surface area (Å²) in [6.45, 7) is 6.60. The van der Waals surface area contributed by atoms with E-state index < -0.39 is 0 Å². The molecule has 162 valence electrons. The highest BCUT2D eigenvalue weighted by atomic mass is 19.1. The van der Waals surface area contributed by atoms with Crippen LogP contribution in [0.15, 0.2) is 42.5 Å². The van der Waals surface area contributed by atoms with Gasteiger partial charge >= 0.3 is 0 Å². The normalized spacial score (nSPS) is 18.5. The Morgan fingerprint density at radius 2 is 1.77 bits per heavy atom. The summed E-state index contributed by atoms with van der Waals surface area (Å²) in [7, 11) is 1.68. The fraction of sp³-hybridized carbons (Fsp3) is 0.500. The van der Waals surface area contributed by atoms with Crippen LogP contribution in [0.2, 0.25) is 0 Å². The van der Waals surface area contributed by atoms with E-state index in [0.717, 1.165) is 62.9 Å². The quantitative estimate of drug-likeness (QED) is 0.716. The highest BCUT2D eigenvalue weighted by Crippen LogP contribution is 2.28. The van der Waals surface area contributed by atoms with Gasteiger partial charge in [0, 0.05) is 56.6 Å². The van der Waals surface area contributed by atoms with E-state index >= 15 is 0 Å². The fourth-order valence-corrected chi connectivity index (χ4v) is 4.48. The van der Waals surface area contributed by atoms with E-state index in [0.29, 0.717) is 6.54 Å². The van der Waals surface area contributed by atoms with E-state index in [9.17, 15) is 4.39 Å². The van der Waals surface area contributed by atoms with Gasteiger partial charge in [-0.1, -0.05) is 18.2 Å². The minimum atomic E-state index is -0.126. The SMILES string of the molecule is COc1ccc(C(CNCc2c(F)cccc2N2CCCC2)N2CCOCC2)cc1. The van der Waals surface area contributed by atoms with Crippen LogP contribution in [-0.2, 0) is 11.3 Å². The molecule has 1 N–H and O–H groups in total. The molecule has 0 bridgehead atoms. The van der Waals surface area contributed by atoms with E-state index in [1.807, 2.05) is 24.3 Å². The lowest BCUT2D eigenvalue weighted by atomic mass is 10.0. The Balaban J connectivity index is 1.47. The number of nitrogens with one attached hydrogen (secondary N) is 1. The molecule has 2 fully saturated rings. The Kier molecular flexibility index (Phi) is 7.20. The zero-order valence-electron chi connectivity index (χ0n) is 17.8. The predicted molar refractivity (Wildman–Crippen MR) is 118 cm³/mol. The molecule has 2 heterocycles. The highest BCUT2D eigenvalue weighted by Gasteiger charge is 2.23. The number of ether oxygens (including phenoxy) is 2. The van der Waals surface area contributed by atoms with Gasteiger partial charge in [0.05, 0.1) is 20.3 Å². The summed E-state index contributed by atoms with van der Waals surface area (Å²) in [5, 5.41) is 3.55. The molecule has 0 aliphatic carbocycles. The number of rotatable bonds is 8. The standard InChI is InChI=1S/C24H32FN3O2/c1-29-20-9-7-19(8-10-20)24(28-13-15-30-16-14-28)18-26-17-21-22(25)5-4-6-23(21)27-11-2-3-12-27/h4-10,24,26H,2-3,11-18H2,1H3.